The van der Waals surface area contributed by atoms with Crippen molar-refractivity contribution in [1.82, 2.24) is 4.90 Å². The van der Waals surface area contributed by atoms with E-state index >= 15 is 0 Å². The molecule has 0 aromatic carbocycles. The van der Waals surface area contributed by atoms with Gasteiger partial charge in [-0.05, 0) is 38.0 Å². The molecule has 0 saturated heterocycles. The molecule has 8 nitrogen and oxygen atoms in total. The summed E-state index contributed by atoms with van der Waals surface area (Å²) in [6, 6.07) is 3.36. The first-order valence-electron chi connectivity index (χ1n) is 8.68. The molecule has 3 heterocycles. The predicted molar refractivity (Wildman–Crippen MR) is 111 cm³/mol. The van der Waals surface area contributed by atoms with E-state index in [9.17, 15) is 19.7 Å². The Balaban J connectivity index is 1.77. The number of rotatable bonds is 6. The lowest BCUT2D eigenvalue weighted by atomic mass is 10.0. The van der Waals surface area contributed by atoms with E-state index in [1.807, 2.05) is 0 Å². The predicted octanol–water partition coefficient (Wildman–Crippen LogP) is 3.24. The topological polar surface area (TPSA) is 119 Å². The van der Waals surface area contributed by atoms with Gasteiger partial charge in [0, 0.05) is 41.0 Å². The minimum absolute atomic E-state index is 0.0108. The molecule has 2 aromatic heterocycles. The van der Waals surface area contributed by atoms with Gasteiger partial charge in [-0.3, -0.25) is 24.6 Å². The van der Waals surface area contributed by atoms with E-state index in [1.54, 1.807) is 6.07 Å². The van der Waals surface area contributed by atoms with Gasteiger partial charge < -0.3 is 11.1 Å². The summed E-state index contributed by atoms with van der Waals surface area (Å²) in [5.74, 6) is -0.971. The van der Waals surface area contributed by atoms with Crippen LogP contribution in [0.4, 0.5) is 10.0 Å². The molecule has 0 aliphatic carbocycles. The monoisotopic (exact) mass is 420 g/mol. The highest BCUT2D eigenvalue weighted by Gasteiger charge is 2.28. The summed E-state index contributed by atoms with van der Waals surface area (Å²) in [6.45, 7) is 5.81. The number of fused-ring (bicyclic) bond motifs is 1. The van der Waals surface area contributed by atoms with Crippen molar-refractivity contribution in [3.8, 4) is 0 Å². The molecule has 0 saturated carbocycles. The van der Waals surface area contributed by atoms with E-state index in [0.29, 0.717) is 27.9 Å². The molecule has 3 rings (SSSR count). The number of nitrogens with two attached hydrogens (primary N) is 1. The van der Waals surface area contributed by atoms with Gasteiger partial charge in [0.15, 0.2) is 0 Å². The highest BCUT2D eigenvalue weighted by Crippen LogP contribution is 2.37. The fraction of sp³-hybridized carbons (Fsp3) is 0.333. The molecule has 148 valence electrons. The lowest BCUT2D eigenvalue weighted by Crippen LogP contribution is -2.35. The minimum Gasteiger partial charge on any atom is -0.365 e. The third-order valence-electron chi connectivity index (χ3n) is 4.49. The number of nitrogens with one attached hydrogen (secondary N) is 1. The largest absolute Gasteiger partial charge is 0.365 e. The van der Waals surface area contributed by atoms with Crippen LogP contribution in [0.3, 0.4) is 0 Å². The number of carbonyl (C=O) groups is 2. The third kappa shape index (κ3) is 4.29. The molecule has 10 heteroatoms. The van der Waals surface area contributed by atoms with Crippen molar-refractivity contribution >= 4 is 50.6 Å². The van der Waals surface area contributed by atoms with Crippen LogP contribution in [0.25, 0.3) is 6.08 Å². The summed E-state index contributed by atoms with van der Waals surface area (Å²) in [4.78, 5) is 38.5. The summed E-state index contributed by atoms with van der Waals surface area (Å²) in [6.07, 6.45) is 3.51. The Morgan fingerprint density at radius 2 is 2.11 bits per heavy atom. The smallest absolute Gasteiger partial charge is 0.324 e. The molecule has 2 aromatic rings. The maximum absolute atomic E-state index is 12.3. The summed E-state index contributed by atoms with van der Waals surface area (Å²) >= 11 is 2.35. The quantitative estimate of drug-likeness (QED) is 0.422. The Hall–Kier alpha value is -2.56. The second-order valence-corrected chi connectivity index (χ2v) is 8.84. The molecular formula is C18H20N4O4S2. The van der Waals surface area contributed by atoms with Gasteiger partial charge in [0.1, 0.15) is 5.00 Å². The molecule has 3 N–H and O–H groups in total. The molecule has 2 amide bonds. The molecule has 0 unspecified atom stereocenters. The molecule has 0 radical (unpaired) electrons. The van der Waals surface area contributed by atoms with E-state index in [4.69, 9.17) is 5.73 Å². The van der Waals surface area contributed by atoms with Crippen LogP contribution >= 0.6 is 22.7 Å². The molecule has 1 aliphatic heterocycles. The summed E-state index contributed by atoms with van der Waals surface area (Å²) < 4.78 is 0. The highest BCUT2D eigenvalue weighted by atomic mass is 32.1. The Kier molecular flexibility index (Phi) is 5.92. The normalized spacial score (nSPS) is 14.4. The fourth-order valence-corrected chi connectivity index (χ4v) is 5.06. The highest BCUT2D eigenvalue weighted by molar-refractivity contribution is 7.17. The number of hydrogen-bond donors (Lipinski definition) is 2. The SMILES string of the molecule is CC(C)N1CCc2c(sc(NC(=O)C=Cc3ccc([N+](=O)[O-])s3)c2C(N)=O)C1. The lowest BCUT2D eigenvalue weighted by Gasteiger charge is -2.30. The van der Waals surface area contributed by atoms with Gasteiger partial charge in [-0.2, -0.15) is 0 Å². The van der Waals surface area contributed by atoms with Crippen molar-refractivity contribution in [2.75, 3.05) is 11.9 Å². The standard InChI is InChI=1S/C18H20N4O4S2/c1-10(2)21-8-7-12-13(9-21)28-18(16(12)17(19)24)20-14(23)5-3-11-4-6-15(27-11)22(25)26/h3-6,10H,7-9H2,1-2H3,(H2,19,24)(H,20,23). The zero-order chi connectivity index (χ0) is 20.4. The van der Waals surface area contributed by atoms with Crippen LogP contribution in [-0.2, 0) is 17.8 Å². The van der Waals surface area contributed by atoms with Crippen molar-refractivity contribution < 1.29 is 14.5 Å². The van der Waals surface area contributed by atoms with Gasteiger partial charge in [-0.15, -0.1) is 11.3 Å². The second-order valence-electron chi connectivity index (χ2n) is 6.64. The number of amides is 2. The van der Waals surface area contributed by atoms with E-state index < -0.39 is 16.7 Å². The second kappa shape index (κ2) is 8.21. The van der Waals surface area contributed by atoms with Crippen LogP contribution in [0.5, 0.6) is 0 Å². The van der Waals surface area contributed by atoms with Crippen molar-refractivity contribution in [2.24, 2.45) is 5.73 Å². The Labute approximate surface area is 169 Å². The zero-order valence-corrected chi connectivity index (χ0v) is 17.1. The molecule has 0 spiro atoms. The molecule has 28 heavy (non-hydrogen) atoms. The third-order valence-corrected chi connectivity index (χ3v) is 6.63. The summed E-state index contributed by atoms with van der Waals surface area (Å²) in [5, 5.41) is 13.9. The number of hydrogen-bond acceptors (Lipinski definition) is 7. The first-order valence-corrected chi connectivity index (χ1v) is 10.3. The summed E-state index contributed by atoms with van der Waals surface area (Å²) in [7, 11) is 0. The van der Waals surface area contributed by atoms with Crippen molar-refractivity contribution in [3.63, 3.8) is 0 Å². The lowest BCUT2D eigenvalue weighted by molar-refractivity contribution is -0.380. The number of thiophene rings is 2. The molecule has 0 atom stereocenters. The number of nitrogens with zero attached hydrogens (tertiary/aromatic N) is 2. The average molecular weight is 421 g/mol. The van der Waals surface area contributed by atoms with Crippen molar-refractivity contribution in [1.29, 1.82) is 0 Å². The Morgan fingerprint density at radius 1 is 1.36 bits per heavy atom. The van der Waals surface area contributed by atoms with Crippen LogP contribution in [0.15, 0.2) is 18.2 Å². The van der Waals surface area contributed by atoms with Crippen LogP contribution in [0.2, 0.25) is 0 Å². The Bertz CT molecular complexity index is 961. The van der Waals surface area contributed by atoms with Gasteiger partial charge in [0.05, 0.1) is 10.5 Å². The molecule has 0 bridgehead atoms. The van der Waals surface area contributed by atoms with E-state index in [2.05, 4.69) is 24.1 Å². The first kappa shape index (κ1) is 20.2. The Morgan fingerprint density at radius 3 is 2.71 bits per heavy atom. The van der Waals surface area contributed by atoms with Gasteiger partial charge in [0.25, 0.3) is 5.91 Å². The maximum atomic E-state index is 12.3. The average Bonchev–Trinajstić information content (AvgIpc) is 3.23. The number of carbonyl (C=O) groups excluding carboxylic acids is 2. The number of primary amides is 1. The number of nitro groups is 1. The van der Waals surface area contributed by atoms with Gasteiger partial charge in [-0.1, -0.05) is 11.3 Å². The summed E-state index contributed by atoms with van der Waals surface area (Å²) in [5.41, 5.74) is 6.88. The molecular weight excluding hydrogens is 400 g/mol. The van der Waals surface area contributed by atoms with Crippen LogP contribution in [0, 0.1) is 10.1 Å². The zero-order valence-electron chi connectivity index (χ0n) is 15.4. The van der Waals surface area contributed by atoms with Crippen molar-refractivity contribution in [3.05, 3.63) is 49.2 Å². The van der Waals surface area contributed by atoms with Gasteiger partial charge in [-0.25, -0.2) is 0 Å². The van der Waals surface area contributed by atoms with Crippen molar-refractivity contribution in [2.45, 2.75) is 32.9 Å². The minimum atomic E-state index is -0.552. The van der Waals surface area contributed by atoms with Gasteiger partial charge >= 0.3 is 5.00 Å². The number of anilines is 1. The van der Waals surface area contributed by atoms with Gasteiger partial charge in [0.2, 0.25) is 5.91 Å². The van der Waals surface area contributed by atoms with Crippen LogP contribution in [0.1, 0.15) is 39.5 Å². The van der Waals surface area contributed by atoms with Crippen LogP contribution < -0.4 is 11.1 Å². The fourth-order valence-electron chi connectivity index (χ4n) is 3.05. The van der Waals surface area contributed by atoms with Crippen LogP contribution in [-0.4, -0.2) is 34.2 Å². The maximum Gasteiger partial charge on any atom is 0.324 e. The molecule has 1 aliphatic rings. The molecule has 0 fully saturated rings. The van der Waals surface area contributed by atoms with E-state index in [0.717, 1.165) is 34.9 Å². The first-order chi connectivity index (χ1) is 13.3. The van der Waals surface area contributed by atoms with E-state index in [1.165, 1.54) is 29.6 Å². The van der Waals surface area contributed by atoms with E-state index in [-0.39, 0.29) is 5.00 Å².